The van der Waals surface area contributed by atoms with E-state index in [0.717, 1.165) is 15.1 Å². The highest BCUT2D eigenvalue weighted by molar-refractivity contribution is 9.10. The SMILES string of the molecule is CC(NCc1cc(Br)ccc1O)c1ccc(Cl)cc1. The molecule has 2 aromatic carbocycles. The fraction of sp³-hybridized carbons (Fsp3) is 0.200. The second-order valence-corrected chi connectivity index (χ2v) is 5.78. The number of benzene rings is 2. The number of hydrogen-bond donors (Lipinski definition) is 2. The molecular weight excluding hydrogens is 326 g/mol. The highest BCUT2D eigenvalue weighted by Crippen LogP contribution is 2.23. The first-order chi connectivity index (χ1) is 9.06. The summed E-state index contributed by atoms with van der Waals surface area (Å²) in [6.07, 6.45) is 0. The number of phenols is 1. The number of aromatic hydroxyl groups is 1. The Balaban J connectivity index is 2.02. The highest BCUT2D eigenvalue weighted by Gasteiger charge is 2.07. The molecule has 2 nitrogen and oxygen atoms in total. The maximum absolute atomic E-state index is 9.78. The minimum Gasteiger partial charge on any atom is -0.508 e. The van der Waals surface area contributed by atoms with Crippen LogP contribution in [0.2, 0.25) is 5.02 Å². The van der Waals surface area contributed by atoms with E-state index in [1.165, 1.54) is 5.56 Å². The first kappa shape index (κ1) is 14.4. The Labute approximate surface area is 126 Å². The van der Waals surface area contributed by atoms with Gasteiger partial charge in [0.25, 0.3) is 0 Å². The molecule has 4 heteroatoms. The molecule has 1 unspecified atom stereocenters. The molecule has 1 atom stereocenters. The van der Waals surface area contributed by atoms with E-state index < -0.39 is 0 Å². The van der Waals surface area contributed by atoms with Crippen molar-refractivity contribution < 1.29 is 5.11 Å². The molecule has 0 saturated heterocycles. The van der Waals surface area contributed by atoms with Crippen molar-refractivity contribution in [2.75, 3.05) is 0 Å². The van der Waals surface area contributed by atoms with Gasteiger partial charge in [-0.1, -0.05) is 39.7 Å². The molecule has 2 N–H and O–H groups in total. The van der Waals surface area contributed by atoms with Crippen LogP contribution in [0.4, 0.5) is 0 Å². The van der Waals surface area contributed by atoms with Crippen molar-refractivity contribution in [1.82, 2.24) is 5.32 Å². The van der Waals surface area contributed by atoms with E-state index >= 15 is 0 Å². The van der Waals surface area contributed by atoms with Crippen molar-refractivity contribution in [2.24, 2.45) is 0 Å². The van der Waals surface area contributed by atoms with E-state index in [1.807, 2.05) is 36.4 Å². The molecule has 0 heterocycles. The summed E-state index contributed by atoms with van der Waals surface area (Å²) >= 11 is 9.27. The summed E-state index contributed by atoms with van der Waals surface area (Å²) in [4.78, 5) is 0. The van der Waals surface area contributed by atoms with Crippen LogP contribution in [0.1, 0.15) is 24.1 Å². The number of hydrogen-bond acceptors (Lipinski definition) is 2. The van der Waals surface area contributed by atoms with E-state index in [0.29, 0.717) is 12.3 Å². The van der Waals surface area contributed by atoms with Gasteiger partial charge in [-0.05, 0) is 42.8 Å². The minimum absolute atomic E-state index is 0.190. The fourth-order valence-corrected chi connectivity index (χ4v) is 2.36. The van der Waals surface area contributed by atoms with Crippen molar-refractivity contribution in [2.45, 2.75) is 19.5 Å². The first-order valence-corrected chi connectivity index (χ1v) is 7.19. The minimum atomic E-state index is 0.190. The maximum atomic E-state index is 9.78. The third kappa shape index (κ3) is 3.96. The fourth-order valence-electron chi connectivity index (χ4n) is 1.83. The Kier molecular flexibility index (Phi) is 4.86. The van der Waals surface area contributed by atoms with E-state index in [9.17, 15) is 5.11 Å². The molecule has 100 valence electrons. The average Bonchev–Trinajstić information content (AvgIpc) is 2.40. The van der Waals surface area contributed by atoms with Crippen molar-refractivity contribution in [3.8, 4) is 5.75 Å². The summed E-state index contributed by atoms with van der Waals surface area (Å²) in [6, 6.07) is 13.4. The third-order valence-corrected chi connectivity index (χ3v) is 3.76. The quantitative estimate of drug-likeness (QED) is 0.848. The van der Waals surface area contributed by atoms with Gasteiger partial charge in [-0.25, -0.2) is 0 Å². The Morgan fingerprint density at radius 1 is 1.21 bits per heavy atom. The summed E-state index contributed by atoms with van der Waals surface area (Å²) in [5.74, 6) is 0.305. The lowest BCUT2D eigenvalue weighted by Crippen LogP contribution is -2.18. The van der Waals surface area contributed by atoms with Crippen LogP contribution < -0.4 is 5.32 Å². The van der Waals surface area contributed by atoms with Crippen molar-refractivity contribution in [3.63, 3.8) is 0 Å². The lowest BCUT2D eigenvalue weighted by atomic mass is 10.1. The first-order valence-electron chi connectivity index (χ1n) is 6.02. The second-order valence-electron chi connectivity index (χ2n) is 4.43. The van der Waals surface area contributed by atoms with Crippen LogP contribution in [0.3, 0.4) is 0 Å². The number of rotatable bonds is 4. The molecule has 0 aliphatic rings. The van der Waals surface area contributed by atoms with E-state index in [1.54, 1.807) is 6.07 Å². The monoisotopic (exact) mass is 339 g/mol. The van der Waals surface area contributed by atoms with Crippen LogP contribution in [0, 0.1) is 0 Å². The van der Waals surface area contributed by atoms with Gasteiger partial charge in [-0.3, -0.25) is 0 Å². The van der Waals surface area contributed by atoms with E-state index in [2.05, 4.69) is 28.2 Å². The lowest BCUT2D eigenvalue weighted by molar-refractivity contribution is 0.460. The highest BCUT2D eigenvalue weighted by atomic mass is 79.9. The zero-order valence-electron chi connectivity index (χ0n) is 10.5. The average molecular weight is 341 g/mol. The number of nitrogens with one attached hydrogen (secondary N) is 1. The van der Waals surface area contributed by atoms with Gasteiger partial charge in [0.2, 0.25) is 0 Å². The topological polar surface area (TPSA) is 32.3 Å². The third-order valence-electron chi connectivity index (χ3n) is 3.01. The Morgan fingerprint density at radius 2 is 1.89 bits per heavy atom. The van der Waals surface area contributed by atoms with Gasteiger partial charge in [0.1, 0.15) is 5.75 Å². The molecule has 0 aliphatic heterocycles. The molecule has 0 spiro atoms. The molecular formula is C15H15BrClNO. The van der Waals surface area contributed by atoms with Gasteiger partial charge >= 0.3 is 0 Å². The van der Waals surface area contributed by atoms with Gasteiger partial charge in [0.15, 0.2) is 0 Å². The smallest absolute Gasteiger partial charge is 0.120 e. The summed E-state index contributed by atoms with van der Waals surface area (Å²) < 4.78 is 0.959. The normalized spacial score (nSPS) is 12.4. The van der Waals surface area contributed by atoms with Crippen molar-refractivity contribution in [1.29, 1.82) is 0 Å². The van der Waals surface area contributed by atoms with Crippen molar-refractivity contribution >= 4 is 27.5 Å². The molecule has 2 rings (SSSR count). The van der Waals surface area contributed by atoms with Crippen LogP contribution in [-0.2, 0) is 6.54 Å². The zero-order valence-corrected chi connectivity index (χ0v) is 12.9. The molecule has 0 bridgehead atoms. The van der Waals surface area contributed by atoms with Crippen LogP contribution in [0.5, 0.6) is 5.75 Å². The predicted octanol–water partition coefficient (Wildman–Crippen LogP) is 4.66. The molecule has 19 heavy (non-hydrogen) atoms. The zero-order chi connectivity index (χ0) is 13.8. The lowest BCUT2D eigenvalue weighted by Gasteiger charge is -2.15. The van der Waals surface area contributed by atoms with Crippen LogP contribution >= 0.6 is 27.5 Å². The van der Waals surface area contributed by atoms with Crippen LogP contribution in [-0.4, -0.2) is 5.11 Å². The van der Waals surface area contributed by atoms with E-state index in [4.69, 9.17) is 11.6 Å². The second kappa shape index (κ2) is 6.42. The maximum Gasteiger partial charge on any atom is 0.120 e. The summed E-state index contributed by atoms with van der Waals surface area (Å²) in [7, 11) is 0. The molecule has 2 aromatic rings. The van der Waals surface area contributed by atoms with E-state index in [-0.39, 0.29) is 6.04 Å². The summed E-state index contributed by atoms with van der Waals surface area (Å²) in [5, 5.41) is 13.9. The Morgan fingerprint density at radius 3 is 2.58 bits per heavy atom. The molecule has 0 radical (unpaired) electrons. The molecule has 0 aromatic heterocycles. The van der Waals surface area contributed by atoms with Crippen LogP contribution in [0.15, 0.2) is 46.9 Å². The molecule has 0 aliphatic carbocycles. The van der Waals surface area contributed by atoms with Gasteiger partial charge in [-0.15, -0.1) is 0 Å². The standard InChI is InChI=1S/C15H15BrClNO/c1-10(11-2-5-14(17)6-3-11)18-9-12-8-13(16)4-7-15(12)19/h2-8,10,18-19H,9H2,1H3. The van der Waals surface area contributed by atoms with Crippen molar-refractivity contribution in [3.05, 3.63) is 63.1 Å². The summed E-state index contributed by atoms with van der Waals surface area (Å²) in [6.45, 7) is 2.69. The largest absolute Gasteiger partial charge is 0.508 e. The van der Waals surface area contributed by atoms with Crippen LogP contribution in [0.25, 0.3) is 0 Å². The molecule has 0 amide bonds. The van der Waals surface area contributed by atoms with Gasteiger partial charge in [-0.2, -0.15) is 0 Å². The summed E-state index contributed by atoms with van der Waals surface area (Å²) in [5.41, 5.74) is 2.04. The van der Waals surface area contributed by atoms with Gasteiger partial charge < -0.3 is 10.4 Å². The Bertz CT molecular complexity index is 557. The molecule has 0 saturated carbocycles. The molecule has 0 fully saturated rings. The Hall–Kier alpha value is -1.03. The number of phenolic OH excluding ortho intramolecular Hbond substituents is 1. The number of halogens is 2. The van der Waals surface area contributed by atoms with Gasteiger partial charge in [0, 0.05) is 27.6 Å². The predicted molar refractivity (Wildman–Crippen MR) is 82.5 cm³/mol. The van der Waals surface area contributed by atoms with Gasteiger partial charge in [0.05, 0.1) is 0 Å².